The highest BCUT2D eigenvalue weighted by Gasteiger charge is 2.51. The molecule has 26 heavy (non-hydrogen) atoms. The molecule has 2 aliphatic rings. The Morgan fingerprint density at radius 1 is 1.15 bits per heavy atom. The number of unbranched alkanes of at least 4 members (excludes halogenated alkanes) is 2. The highest BCUT2D eigenvalue weighted by atomic mass is 16.5. The van der Waals surface area contributed by atoms with Crippen LogP contribution < -0.4 is 4.74 Å². The van der Waals surface area contributed by atoms with Crippen LogP contribution in [0.5, 0.6) is 11.5 Å². The van der Waals surface area contributed by atoms with Gasteiger partial charge in [0.15, 0.2) is 0 Å². The zero-order valence-corrected chi connectivity index (χ0v) is 16.0. The second kappa shape index (κ2) is 6.55. The molecule has 1 aromatic carbocycles. The van der Waals surface area contributed by atoms with E-state index in [2.05, 4.69) is 6.92 Å². The topological polar surface area (TPSA) is 90.2 Å². The Balaban J connectivity index is 2.11. The molecule has 1 aromatic rings. The summed E-state index contributed by atoms with van der Waals surface area (Å²) in [4.78, 5) is 0. The summed E-state index contributed by atoms with van der Waals surface area (Å²) in [7, 11) is 0. The molecule has 0 aromatic heterocycles. The Hall–Kier alpha value is -1.56. The van der Waals surface area contributed by atoms with Gasteiger partial charge in [-0.15, -0.1) is 0 Å². The third-order valence-electron chi connectivity index (χ3n) is 5.80. The lowest BCUT2D eigenvalue weighted by atomic mass is 9.69. The lowest BCUT2D eigenvalue weighted by Crippen LogP contribution is -2.56. The summed E-state index contributed by atoms with van der Waals surface area (Å²) in [6, 6.07) is 3.63. The van der Waals surface area contributed by atoms with Crippen LogP contribution in [0.2, 0.25) is 0 Å². The van der Waals surface area contributed by atoms with Crippen LogP contribution >= 0.6 is 0 Å². The number of aryl methyl sites for hydroxylation is 1. The summed E-state index contributed by atoms with van der Waals surface area (Å²) in [5.74, 6) is 0.565. The fourth-order valence-corrected chi connectivity index (χ4v) is 4.07. The maximum absolute atomic E-state index is 10.8. The first kappa shape index (κ1) is 19.2. The van der Waals surface area contributed by atoms with Crippen LogP contribution in [0, 0.1) is 0 Å². The van der Waals surface area contributed by atoms with E-state index in [1.807, 2.05) is 19.9 Å². The van der Waals surface area contributed by atoms with Gasteiger partial charge in [0, 0.05) is 12.0 Å². The third kappa shape index (κ3) is 3.02. The molecule has 0 saturated carbocycles. The molecule has 3 rings (SSSR count). The molecule has 5 heteroatoms. The molecule has 1 aliphatic heterocycles. The monoisotopic (exact) mass is 362 g/mol. The van der Waals surface area contributed by atoms with Gasteiger partial charge in [0.2, 0.25) is 0 Å². The molecule has 3 unspecified atom stereocenters. The summed E-state index contributed by atoms with van der Waals surface area (Å²) in [5, 5.41) is 42.4. The zero-order valence-electron chi connectivity index (χ0n) is 16.0. The van der Waals surface area contributed by atoms with Gasteiger partial charge in [0.25, 0.3) is 0 Å². The van der Waals surface area contributed by atoms with Crippen molar-refractivity contribution < 1.29 is 25.2 Å². The van der Waals surface area contributed by atoms with E-state index in [9.17, 15) is 20.4 Å². The smallest absolute Gasteiger partial charge is 0.132 e. The quantitative estimate of drug-likeness (QED) is 0.619. The predicted molar refractivity (Wildman–Crippen MR) is 100 cm³/mol. The van der Waals surface area contributed by atoms with E-state index < -0.39 is 23.4 Å². The first-order chi connectivity index (χ1) is 12.1. The lowest BCUT2D eigenvalue weighted by molar-refractivity contribution is -0.123. The first-order valence-electron chi connectivity index (χ1n) is 9.47. The second-order valence-corrected chi connectivity index (χ2v) is 8.30. The Morgan fingerprint density at radius 3 is 2.50 bits per heavy atom. The zero-order chi connectivity index (χ0) is 19.3. The molecule has 0 spiro atoms. The number of aliphatic hydroxyl groups excluding tert-OH is 2. The summed E-state index contributed by atoms with van der Waals surface area (Å²) >= 11 is 0. The van der Waals surface area contributed by atoms with Crippen molar-refractivity contribution in [3.05, 3.63) is 28.8 Å². The van der Waals surface area contributed by atoms with E-state index in [0.717, 1.165) is 31.2 Å². The van der Waals surface area contributed by atoms with Crippen LogP contribution in [-0.2, 0) is 6.42 Å². The number of phenolic OH excluding ortho intramolecular Hbond substituents is 1. The van der Waals surface area contributed by atoms with Gasteiger partial charge in [-0.1, -0.05) is 19.8 Å². The molecule has 0 amide bonds. The average molecular weight is 362 g/mol. The maximum atomic E-state index is 10.8. The van der Waals surface area contributed by atoms with Crippen molar-refractivity contribution in [2.75, 3.05) is 0 Å². The fourth-order valence-electron chi connectivity index (χ4n) is 4.07. The van der Waals surface area contributed by atoms with E-state index in [4.69, 9.17) is 4.74 Å². The molecule has 3 atom stereocenters. The summed E-state index contributed by atoms with van der Waals surface area (Å²) in [6.07, 6.45) is 1.91. The van der Waals surface area contributed by atoms with Crippen LogP contribution in [0.3, 0.4) is 0 Å². The van der Waals surface area contributed by atoms with Crippen molar-refractivity contribution in [3.8, 4) is 11.5 Å². The first-order valence-corrected chi connectivity index (χ1v) is 9.47. The van der Waals surface area contributed by atoms with Gasteiger partial charge < -0.3 is 25.2 Å². The Labute approximate surface area is 154 Å². The Bertz CT molecular complexity index is 732. The van der Waals surface area contributed by atoms with E-state index >= 15 is 0 Å². The van der Waals surface area contributed by atoms with Crippen LogP contribution in [0.1, 0.15) is 64.5 Å². The van der Waals surface area contributed by atoms with Crippen molar-refractivity contribution in [2.45, 2.75) is 83.2 Å². The summed E-state index contributed by atoms with van der Waals surface area (Å²) in [5.41, 5.74) is 0.185. The highest BCUT2D eigenvalue weighted by Crippen LogP contribution is 2.52. The van der Waals surface area contributed by atoms with Gasteiger partial charge in [-0.05, 0) is 56.9 Å². The van der Waals surface area contributed by atoms with Gasteiger partial charge in [-0.3, -0.25) is 0 Å². The Kier molecular flexibility index (Phi) is 4.84. The van der Waals surface area contributed by atoms with Crippen molar-refractivity contribution in [2.24, 2.45) is 0 Å². The molecule has 0 radical (unpaired) electrons. The molecule has 144 valence electrons. The predicted octanol–water partition coefficient (Wildman–Crippen LogP) is 2.93. The molecule has 1 heterocycles. The number of ether oxygens (including phenoxy) is 1. The minimum atomic E-state index is -1.68. The van der Waals surface area contributed by atoms with Crippen molar-refractivity contribution in [1.29, 1.82) is 0 Å². The number of aromatic hydroxyl groups is 1. The van der Waals surface area contributed by atoms with Crippen molar-refractivity contribution in [3.63, 3.8) is 0 Å². The van der Waals surface area contributed by atoms with Gasteiger partial charge >= 0.3 is 0 Å². The number of rotatable bonds is 4. The normalized spacial score (nSPS) is 29.8. The van der Waals surface area contributed by atoms with E-state index in [1.165, 1.54) is 6.92 Å². The van der Waals surface area contributed by atoms with Crippen LogP contribution in [0.4, 0.5) is 0 Å². The third-order valence-corrected chi connectivity index (χ3v) is 5.80. The number of hydrogen-bond acceptors (Lipinski definition) is 5. The minimum Gasteiger partial charge on any atom is -0.507 e. The van der Waals surface area contributed by atoms with Crippen LogP contribution in [-0.4, -0.2) is 43.8 Å². The lowest BCUT2D eigenvalue weighted by Gasteiger charge is -2.47. The van der Waals surface area contributed by atoms with Gasteiger partial charge in [-0.25, -0.2) is 0 Å². The molecule has 0 bridgehead atoms. The second-order valence-electron chi connectivity index (χ2n) is 8.30. The van der Waals surface area contributed by atoms with Crippen molar-refractivity contribution >= 4 is 5.57 Å². The standard InChI is InChI=1S/C21H30O5/c1-5-6-7-8-12-9-14(22)18-15(10-12)26-20(2,3)13-11-16(23)21(4,25)19(24)17(13)18/h9-10,16,19,22-25H,5-8,11H2,1-4H3. The number of fused-ring (bicyclic) bond motifs is 2. The average Bonchev–Trinajstić information content (AvgIpc) is 2.53. The minimum absolute atomic E-state index is 0.0447. The summed E-state index contributed by atoms with van der Waals surface area (Å²) < 4.78 is 6.16. The molecule has 1 aliphatic carbocycles. The van der Waals surface area contributed by atoms with Gasteiger partial charge in [0.05, 0.1) is 11.7 Å². The highest BCUT2D eigenvalue weighted by molar-refractivity contribution is 5.84. The molecule has 0 saturated heterocycles. The fraction of sp³-hybridized carbons (Fsp3) is 0.619. The van der Waals surface area contributed by atoms with Gasteiger partial charge in [0.1, 0.15) is 28.8 Å². The van der Waals surface area contributed by atoms with Gasteiger partial charge in [-0.2, -0.15) is 0 Å². The number of aliphatic hydroxyl groups is 3. The van der Waals surface area contributed by atoms with Crippen LogP contribution in [0.25, 0.3) is 5.57 Å². The van der Waals surface area contributed by atoms with Crippen LogP contribution in [0.15, 0.2) is 17.7 Å². The number of hydrogen-bond donors (Lipinski definition) is 4. The van der Waals surface area contributed by atoms with Crippen molar-refractivity contribution in [1.82, 2.24) is 0 Å². The van der Waals surface area contributed by atoms with E-state index in [1.54, 1.807) is 6.07 Å². The Morgan fingerprint density at radius 2 is 1.85 bits per heavy atom. The molecule has 0 fully saturated rings. The molecular weight excluding hydrogens is 332 g/mol. The SMILES string of the molecule is CCCCCc1cc(O)c2c(c1)OC(C)(C)C1=C2C(O)C(C)(O)C(O)C1. The van der Waals surface area contributed by atoms with E-state index in [0.29, 0.717) is 22.5 Å². The molecule has 5 nitrogen and oxygen atoms in total. The molecule has 4 N–H and O–H groups in total. The number of benzene rings is 1. The molecular formula is C21H30O5. The largest absolute Gasteiger partial charge is 0.507 e. The van der Waals surface area contributed by atoms with E-state index in [-0.39, 0.29) is 12.2 Å². The summed E-state index contributed by atoms with van der Waals surface area (Å²) in [6.45, 7) is 7.33. The maximum Gasteiger partial charge on any atom is 0.132 e. The number of phenols is 1.